The molecular weight excluding hydrogens is 366 g/mol. The second-order valence-corrected chi connectivity index (χ2v) is 6.67. The minimum atomic E-state index is -1.22. The van der Waals surface area contributed by atoms with Crippen LogP contribution >= 0.6 is 0 Å². The first-order valence-electron chi connectivity index (χ1n) is 8.58. The number of aromatic nitrogens is 1. The van der Waals surface area contributed by atoms with Crippen molar-refractivity contribution < 1.29 is 28.0 Å². The maximum absolute atomic E-state index is 13.1. The van der Waals surface area contributed by atoms with E-state index in [-0.39, 0.29) is 19.2 Å². The van der Waals surface area contributed by atoms with Crippen LogP contribution in [0.4, 0.5) is 4.79 Å². The molecule has 5 rings (SSSR count). The molecule has 3 aromatic rings. The molecule has 0 radical (unpaired) electrons. The van der Waals surface area contributed by atoms with Crippen molar-refractivity contribution in [3.63, 3.8) is 0 Å². The predicted molar refractivity (Wildman–Crippen MR) is 93.2 cm³/mol. The minimum Gasteiger partial charge on any atom is -0.461 e. The molecule has 1 N–H and O–H groups in total. The van der Waals surface area contributed by atoms with Gasteiger partial charge < -0.3 is 23.7 Å². The Morgan fingerprint density at radius 2 is 2.00 bits per heavy atom. The van der Waals surface area contributed by atoms with Gasteiger partial charge in [-0.25, -0.2) is 4.79 Å². The van der Waals surface area contributed by atoms with Crippen LogP contribution in [0, 0.1) is 0 Å². The van der Waals surface area contributed by atoms with Crippen LogP contribution in [0.5, 0.6) is 11.5 Å². The van der Waals surface area contributed by atoms with Crippen LogP contribution < -0.4 is 14.8 Å². The van der Waals surface area contributed by atoms with Gasteiger partial charge in [-0.3, -0.25) is 9.69 Å². The second-order valence-electron chi connectivity index (χ2n) is 6.67. The molecule has 9 heteroatoms. The van der Waals surface area contributed by atoms with Crippen LogP contribution in [-0.2, 0) is 16.9 Å². The number of fused-ring (bicyclic) bond motifs is 1. The molecule has 0 bridgehead atoms. The third-order valence-corrected chi connectivity index (χ3v) is 4.87. The number of carbonyl (C=O) groups excluding carboxylic acids is 2. The normalized spacial score (nSPS) is 20.7. The molecule has 1 atom stereocenters. The number of amides is 3. The lowest BCUT2D eigenvalue weighted by molar-refractivity contribution is -0.131. The van der Waals surface area contributed by atoms with Crippen LogP contribution in [0.2, 0.25) is 0 Å². The maximum atomic E-state index is 13.1. The molecular formula is C19H15N3O6. The number of urea groups is 1. The van der Waals surface area contributed by atoms with Crippen molar-refractivity contribution in [3.05, 3.63) is 53.9 Å². The molecule has 1 fully saturated rings. The summed E-state index contributed by atoms with van der Waals surface area (Å²) in [6.07, 6.45) is 1.52. The summed E-state index contributed by atoms with van der Waals surface area (Å²) in [6.45, 7) is 1.77. The molecule has 0 saturated carbocycles. The highest BCUT2D eigenvalue weighted by atomic mass is 16.7. The summed E-state index contributed by atoms with van der Waals surface area (Å²) in [6, 6.07) is 9.75. The number of hydrogen-bond donors (Lipinski definition) is 1. The van der Waals surface area contributed by atoms with Crippen LogP contribution in [0.15, 0.2) is 51.6 Å². The molecule has 1 saturated heterocycles. The van der Waals surface area contributed by atoms with Gasteiger partial charge in [0.25, 0.3) is 5.91 Å². The standard InChI is InChI=1S/C19H15N3O6/c1-19(11-4-5-14-15(7-11)27-10-26-14)17(23)22(18(24)20-19)9-12-8-16(28-21-12)13-3-2-6-25-13/h2-8H,9-10H2,1H3,(H,20,24)/t19-/m0/s1. The number of nitrogens with zero attached hydrogens (tertiary/aromatic N) is 2. The lowest BCUT2D eigenvalue weighted by Gasteiger charge is -2.22. The second kappa shape index (κ2) is 5.88. The van der Waals surface area contributed by atoms with E-state index in [2.05, 4.69) is 10.5 Å². The predicted octanol–water partition coefficient (Wildman–Crippen LogP) is 2.63. The first-order valence-corrected chi connectivity index (χ1v) is 8.58. The number of hydrogen-bond acceptors (Lipinski definition) is 7. The van der Waals surface area contributed by atoms with E-state index in [9.17, 15) is 9.59 Å². The number of benzene rings is 1. The Labute approximate surface area is 158 Å². The summed E-state index contributed by atoms with van der Waals surface area (Å²) in [5, 5.41) is 6.68. The van der Waals surface area contributed by atoms with E-state index in [0.29, 0.717) is 34.3 Å². The fourth-order valence-electron chi connectivity index (χ4n) is 3.33. The van der Waals surface area contributed by atoms with Crippen molar-refractivity contribution in [3.8, 4) is 23.0 Å². The van der Waals surface area contributed by atoms with Gasteiger partial charge in [-0.15, -0.1) is 0 Å². The van der Waals surface area contributed by atoms with Gasteiger partial charge in [-0.05, 0) is 36.8 Å². The molecule has 142 valence electrons. The molecule has 28 heavy (non-hydrogen) atoms. The molecule has 0 unspecified atom stereocenters. The Morgan fingerprint density at radius 1 is 1.14 bits per heavy atom. The molecule has 2 aliphatic rings. The number of carbonyl (C=O) groups is 2. The molecule has 2 aliphatic heterocycles. The Morgan fingerprint density at radius 3 is 2.82 bits per heavy atom. The van der Waals surface area contributed by atoms with Crippen molar-refractivity contribution in [1.29, 1.82) is 0 Å². The van der Waals surface area contributed by atoms with Crippen molar-refractivity contribution >= 4 is 11.9 Å². The van der Waals surface area contributed by atoms with E-state index < -0.39 is 11.6 Å². The van der Waals surface area contributed by atoms with Crippen LogP contribution in [0.25, 0.3) is 11.5 Å². The van der Waals surface area contributed by atoms with Crippen molar-refractivity contribution in [2.45, 2.75) is 19.0 Å². The lowest BCUT2D eigenvalue weighted by Crippen LogP contribution is -2.40. The zero-order chi connectivity index (χ0) is 19.3. The Hall–Kier alpha value is -3.75. The number of imide groups is 1. The SMILES string of the molecule is C[C@@]1(c2ccc3c(c2)OCO3)NC(=O)N(Cc2cc(-c3ccco3)on2)C1=O. The Balaban J connectivity index is 1.40. The maximum Gasteiger partial charge on any atom is 0.325 e. The molecule has 3 amide bonds. The monoisotopic (exact) mass is 381 g/mol. The average molecular weight is 381 g/mol. The number of rotatable bonds is 4. The molecule has 1 aromatic carbocycles. The third-order valence-electron chi connectivity index (χ3n) is 4.87. The lowest BCUT2D eigenvalue weighted by atomic mass is 9.91. The van der Waals surface area contributed by atoms with Crippen LogP contribution in [-0.4, -0.2) is 28.8 Å². The third kappa shape index (κ3) is 2.43. The van der Waals surface area contributed by atoms with Gasteiger partial charge in [0.15, 0.2) is 17.3 Å². The van der Waals surface area contributed by atoms with E-state index in [0.717, 1.165) is 4.90 Å². The molecule has 4 heterocycles. The van der Waals surface area contributed by atoms with Crippen molar-refractivity contribution in [2.75, 3.05) is 6.79 Å². The highest BCUT2D eigenvalue weighted by Crippen LogP contribution is 2.38. The quantitative estimate of drug-likeness (QED) is 0.692. The average Bonchev–Trinajstić information content (AvgIpc) is 3.47. The Bertz CT molecular complexity index is 1070. The summed E-state index contributed by atoms with van der Waals surface area (Å²) in [4.78, 5) is 26.7. The van der Waals surface area contributed by atoms with Gasteiger partial charge in [-0.1, -0.05) is 11.2 Å². The van der Waals surface area contributed by atoms with Crippen molar-refractivity contribution in [2.24, 2.45) is 0 Å². The first kappa shape index (κ1) is 16.4. The number of ether oxygens (including phenoxy) is 2. The van der Waals surface area contributed by atoms with E-state index >= 15 is 0 Å². The van der Waals surface area contributed by atoms with E-state index in [1.54, 1.807) is 43.3 Å². The first-order chi connectivity index (χ1) is 13.5. The number of furan rings is 1. The fourth-order valence-corrected chi connectivity index (χ4v) is 3.33. The van der Waals surface area contributed by atoms with Crippen molar-refractivity contribution in [1.82, 2.24) is 15.4 Å². The van der Waals surface area contributed by atoms with Gasteiger partial charge in [0.1, 0.15) is 11.2 Å². The van der Waals surface area contributed by atoms with Gasteiger partial charge in [0.05, 0.1) is 12.8 Å². The fraction of sp³-hybridized carbons (Fsp3) is 0.211. The van der Waals surface area contributed by atoms with Gasteiger partial charge in [0.2, 0.25) is 12.6 Å². The summed E-state index contributed by atoms with van der Waals surface area (Å²) in [7, 11) is 0. The largest absolute Gasteiger partial charge is 0.461 e. The summed E-state index contributed by atoms with van der Waals surface area (Å²) in [5.74, 6) is 1.69. The molecule has 9 nitrogen and oxygen atoms in total. The zero-order valence-corrected chi connectivity index (χ0v) is 14.8. The zero-order valence-electron chi connectivity index (χ0n) is 14.8. The summed E-state index contributed by atoms with van der Waals surface area (Å²) >= 11 is 0. The van der Waals surface area contributed by atoms with Crippen LogP contribution in [0.1, 0.15) is 18.2 Å². The van der Waals surface area contributed by atoms with Gasteiger partial charge >= 0.3 is 6.03 Å². The summed E-state index contributed by atoms with van der Waals surface area (Å²) < 4.78 is 21.2. The van der Waals surface area contributed by atoms with Crippen LogP contribution in [0.3, 0.4) is 0 Å². The molecule has 2 aromatic heterocycles. The Kier molecular flexibility index (Phi) is 3.45. The minimum absolute atomic E-state index is 0.0188. The van der Waals surface area contributed by atoms with Gasteiger partial charge in [-0.2, -0.15) is 0 Å². The van der Waals surface area contributed by atoms with E-state index in [4.69, 9.17) is 18.4 Å². The van der Waals surface area contributed by atoms with E-state index in [1.165, 1.54) is 6.26 Å². The smallest absolute Gasteiger partial charge is 0.325 e. The highest BCUT2D eigenvalue weighted by Gasteiger charge is 2.49. The highest BCUT2D eigenvalue weighted by molar-refractivity contribution is 6.07. The molecule has 0 spiro atoms. The summed E-state index contributed by atoms with van der Waals surface area (Å²) in [5.41, 5.74) is -0.176. The van der Waals surface area contributed by atoms with Gasteiger partial charge in [0, 0.05) is 6.07 Å². The number of nitrogens with one attached hydrogen (secondary N) is 1. The van der Waals surface area contributed by atoms with E-state index in [1.807, 2.05) is 0 Å². The topological polar surface area (TPSA) is 107 Å². The molecule has 0 aliphatic carbocycles.